The number of aromatic nitrogens is 1. The molecule has 0 aromatic carbocycles. The van der Waals surface area contributed by atoms with Crippen molar-refractivity contribution >= 4 is 14.0 Å². The molecule has 1 aromatic rings. The lowest BCUT2D eigenvalue weighted by molar-refractivity contribution is 0.0717. The van der Waals surface area contributed by atoms with Gasteiger partial charge in [-0.05, 0) is 30.5 Å². The van der Waals surface area contributed by atoms with Gasteiger partial charge in [0.25, 0.3) is 5.91 Å². The lowest BCUT2D eigenvalue weighted by Gasteiger charge is -2.38. The molecule has 0 spiro atoms. The van der Waals surface area contributed by atoms with Crippen LogP contribution in [0.1, 0.15) is 29.0 Å². The van der Waals surface area contributed by atoms with Gasteiger partial charge in [-0.2, -0.15) is 5.26 Å². The van der Waals surface area contributed by atoms with Gasteiger partial charge in [-0.1, -0.05) is 19.6 Å². The highest BCUT2D eigenvalue weighted by molar-refractivity contribution is 6.77. The second-order valence-corrected chi connectivity index (χ2v) is 11.9. The summed E-state index contributed by atoms with van der Waals surface area (Å²) >= 11 is 0. The molecule has 4 nitrogen and oxygen atoms in total. The third kappa shape index (κ3) is 3.07. The second-order valence-electron chi connectivity index (χ2n) is 6.35. The van der Waals surface area contributed by atoms with Crippen molar-refractivity contribution in [1.29, 1.82) is 5.26 Å². The van der Waals surface area contributed by atoms with Gasteiger partial charge < -0.3 is 9.88 Å². The molecule has 102 valence electrons. The molecule has 5 heteroatoms. The molecule has 0 aliphatic carbocycles. The number of carbonyl (C=O) groups excluding carboxylic acids is 1. The number of H-pyrrole nitrogens is 1. The van der Waals surface area contributed by atoms with E-state index >= 15 is 0 Å². The monoisotopic (exact) mass is 275 g/mol. The van der Waals surface area contributed by atoms with Gasteiger partial charge in [-0.15, -0.1) is 0 Å². The minimum absolute atomic E-state index is 0.0319. The fourth-order valence-electron chi connectivity index (χ4n) is 2.62. The molecule has 1 amide bonds. The van der Waals surface area contributed by atoms with Crippen LogP contribution in [-0.2, 0) is 0 Å². The summed E-state index contributed by atoms with van der Waals surface area (Å²) in [5.41, 5.74) is 1.66. The van der Waals surface area contributed by atoms with E-state index in [2.05, 4.69) is 24.6 Å². The molecule has 1 aliphatic rings. The van der Waals surface area contributed by atoms with E-state index < -0.39 is 8.07 Å². The van der Waals surface area contributed by atoms with Crippen molar-refractivity contribution in [3.8, 4) is 6.07 Å². The fourth-order valence-corrected chi connectivity index (χ4v) is 4.46. The van der Waals surface area contributed by atoms with Crippen molar-refractivity contribution in [3.05, 3.63) is 23.5 Å². The smallest absolute Gasteiger partial charge is 0.270 e. The summed E-state index contributed by atoms with van der Waals surface area (Å²) in [6.07, 6.45) is 2.33. The molecular weight excluding hydrogens is 254 g/mol. The SMILES string of the molecule is C[Si](C)(C)C1CCCN(C(=O)c2ccc(C#N)[nH]2)C1. The van der Waals surface area contributed by atoms with Crippen LogP contribution < -0.4 is 0 Å². The Hall–Kier alpha value is -1.54. The number of likely N-dealkylation sites (tertiary alicyclic amines) is 1. The lowest BCUT2D eigenvalue weighted by Crippen LogP contribution is -2.44. The Kier molecular flexibility index (Phi) is 3.81. The number of nitriles is 1. The highest BCUT2D eigenvalue weighted by Crippen LogP contribution is 2.31. The Bertz CT molecular complexity index is 509. The topological polar surface area (TPSA) is 59.9 Å². The molecule has 1 fully saturated rings. The average Bonchev–Trinajstić information content (AvgIpc) is 2.86. The van der Waals surface area contributed by atoms with Crippen LogP contribution in [0.4, 0.5) is 0 Å². The van der Waals surface area contributed by atoms with E-state index in [0.717, 1.165) is 19.5 Å². The van der Waals surface area contributed by atoms with Gasteiger partial charge in [-0.3, -0.25) is 4.79 Å². The number of rotatable bonds is 2. The third-order valence-electron chi connectivity index (χ3n) is 3.97. The van der Waals surface area contributed by atoms with Crippen LogP contribution in [0.3, 0.4) is 0 Å². The number of carbonyl (C=O) groups is 1. The summed E-state index contributed by atoms with van der Waals surface area (Å²) in [4.78, 5) is 17.2. The highest BCUT2D eigenvalue weighted by Gasteiger charge is 2.33. The zero-order valence-electron chi connectivity index (χ0n) is 11.9. The zero-order chi connectivity index (χ0) is 14.0. The lowest BCUT2D eigenvalue weighted by atomic mass is 10.1. The molecular formula is C14H21N3OSi. The van der Waals surface area contributed by atoms with E-state index in [1.54, 1.807) is 12.1 Å². The molecule has 2 rings (SSSR count). The number of hydrogen-bond acceptors (Lipinski definition) is 2. The summed E-state index contributed by atoms with van der Waals surface area (Å²) in [5, 5.41) is 8.79. The Morgan fingerprint density at radius 3 is 2.79 bits per heavy atom. The number of amides is 1. The average molecular weight is 275 g/mol. The highest BCUT2D eigenvalue weighted by atomic mass is 28.3. The van der Waals surface area contributed by atoms with Crippen molar-refractivity contribution in [2.24, 2.45) is 0 Å². The summed E-state index contributed by atoms with van der Waals surface area (Å²) in [6, 6.07) is 5.39. The molecule has 1 aliphatic heterocycles. The molecule has 1 unspecified atom stereocenters. The van der Waals surface area contributed by atoms with Crippen molar-refractivity contribution in [2.75, 3.05) is 13.1 Å². The van der Waals surface area contributed by atoms with Gasteiger partial charge in [0.1, 0.15) is 17.5 Å². The molecule has 0 radical (unpaired) electrons. The van der Waals surface area contributed by atoms with E-state index in [1.807, 2.05) is 11.0 Å². The van der Waals surface area contributed by atoms with Crippen molar-refractivity contribution < 1.29 is 4.79 Å². The van der Waals surface area contributed by atoms with Gasteiger partial charge >= 0.3 is 0 Å². The van der Waals surface area contributed by atoms with Crippen LogP contribution in [0.2, 0.25) is 25.2 Å². The van der Waals surface area contributed by atoms with E-state index in [1.165, 1.54) is 6.42 Å². The van der Waals surface area contributed by atoms with Gasteiger partial charge in [0, 0.05) is 21.2 Å². The number of nitrogens with zero attached hydrogens (tertiary/aromatic N) is 2. The van der Waals surface area contributed by atoms with Crippen LogP contribution >= 0.6 is 0 Å². The van der Waals surface area contributed by atoms with Gasteiger partial charge in [0.05, 0.1) is 0 Å². The Morgan fingerprint density at radius 1 is 1.47 bits per heavy atom. The number of aromatic amines is 1. The normalized spacial score (nSPS) is 20.1. The maximum Gasteiger partial charge on any atom is 0.270 e. The number of nitrogens with one attached hydrogen (secondary N) is 1. The van der Waals surface area contributed by atoms with Crippen LogP contribution in [0.5, 0.6) is 0 Å². The van der Waals surface area contributed by atoms with Crippen molar-refractivity contribution in [3.63, 3.8) is 0 Å². The quantitative estimate of drug-likeness (QED) is 0.844. The first-order valence-electron chi connectivity index (χ1n) is 6.80. The number of piperidine rings is 1. The summed E-state index contributed by atoms with van der Waals surface area (Å²) in [7, 11) is -1.20. The van der Waals surface area contributed by atoms with Crippen molar-refractivity contribution in [1.82, 2.24) is 9.88 Å². The molecule has 19 heavy (non-hydrogen) atoms. The van der Waals surface area contributed by atoms with Crippen LogP contribution in [0.25, 0.3) is 0 Å². The second kappa shape index (κ2) is 5.22. The van der Waals surface area contributed by atoms with E-state index in [0.29, 0.717) is 16.9 Å². The Balaban J connectivity index is 2.09. The van der Waals surface area contributed by atoms with Crippen LogP contribution in [0.15, 0.2) is 12.1 Å². The molecule has 0 bridgehead atoms. The largest absolute Gasteiger partial charge is 0.342 e. The standard InChI is InChI=1S/C14H21N3OSi/c1-19(2,3)12-5-4-8-17(10-12)14(18)13-7-6-11(9-15)16-13/h6-7,12,16H,4-5,8,10H2,1-3H3. The first-order chi connectivity index (χ1) is 8.91. The number of hydrogen-bond donors (Lipinski definition) is 1. The maximum atomic E-state index is 12.4. The molecule has 2 heterocycles. The summed E-state index contributed by atoms with van der Waals surface area (Å²) in [6.45, 7) is 8.81. The van der Waals surface area contributed by atoms with Gasteiger partial charge in [0.2, 0.25) is 0 Å². The van der Waals surface area contributed by atoms with Crippen molar-refractivity contribution in [2.45, 2.75) is 38.0 Å². The maximum absolute atomic E-state index is 12.4. The predicted molar refractivity (Wildman–Crippen MR) is 77.7 cm³/mol. The zero-order valence-corrected chi connectivity index (χ0v) is 12.9. The molecule has 1 atom stereocenters. The molecule has 1 saturated heterocycles. The minimum Gasteiger partial charge on any atom is -0.342 e. The molecule has 0 saturated carbocycles. The summed E-state index contributed by atoms with van der Waals surface area (Å²) in [5.74, 6) is 0.0319. The summed E-state index contributed by atoms with van der Waals surface area (Å²) < 4.78 is 0. The predicted octanol–water partition coefficient (Wildman–Crippen LogP) is 2.83. The van der Waals surface area contributed by atoms with E-state index in [4.69, 9.17) is 5.26 Å². The van der Waals surface area contributed by atoms with Crippen LogP contribution in [-0.4, -0.2) is 37.0 Å². The Labute approximate surface area is 115 Å². The van der Waals surface area contributed by atoms with E-state index in [-0.39, 0.29) is 5.91 Å². The first-order valence-corrected chi connectivity index (χ1v) is 10.4. The van der Waals surface area contributed by atoms with Gasteiger partial charge in [0.15, 0.2) is 0 Å². The van der Waals surface area contributed by atoms with Crippen LogP contribution in [0, 0.1) is 11.3 Å². The fraction of sp³-hybridized carbons (Fsp3) is 0.571. The molecule has 1 aromatic heterocycles. The minimum atomic E-state index is -1.20. The Morgan fingerprint density at radius 2 is 2.21 bits per heavy atom. The third-order valence-corrected chi connectivity index (χ3v) is 6.89. The van der Waals surface area contributed by atoms with Gasteiger partial charge in [-0.25, -0.2) is 0 Å². The van der Waals surface area contributed by atoms with E-state index in [9.17, 15) is 4.79 Å². The first kappa shape index (κ1) is 13.9. The molecule has 1 N–H and O–H groups in total.